The van der Waals surface area contributed by atoms with Gasteiger partial charge in [-0.05, 0) is 43.6 Å². The van der Waals surface area contributed by atoms with Crippen molar-refractivity contribution in [3.05, 3.63) is 35.5 Å². The quantitative estimate of drug-likeness (QED) is 0.358. The van der Waals surface area contributed by atoms with Gasteiger partial charge in [-0.2, -0.15) is 0 Å². The van der Waals surface area contributed by atoms with E-state index in [1.54, 1.807) is 33.8 Å². The van der Waals surface area contributed by atoms with Crippen molar-refractivity contribution in [2.24, 2.45) is 11.1 Å². The van der Waals surface area contributed by atoms with Crippen molar-refractivity contribution < 1.29 is 29.4 Å². The molecule has 0 aromatic heterocycles. The van der Waals surface area contributed by atoms with E-state index < -0.39 is 34.8 Å². The summed E-state index contributed by atoms with van der Waals surface area (Å²) < 4.78 is 0. The van der Waals surface area contributed by atoms with E-state index in [4.69, 9.17) is 10.8 Å². The second-order valence-electron chi connectivity index (χ2n) is 7.75. The van der Waals surface area contributed by atoms with Crippen molar-refractivity contribution in [3.63, 3.8) is 0 Å². The summed E-state index contributed by atoms with van der Waals surface area (Å²) >= 11 is 0. The molecular formula is C20H28N2O6. The molecule has 0 unspecified atom stereocenters. The number of carbonyl (C=O) groups excluding carboxylic acids is 3. The van der Waals surface area contributed by atoms with E-state index >= 15 is 0 Å². The number of carboxylic acid groups (broad SMARTS) is 1. The van der Waals surface area contributed by atoms with Crippen LogP contribution in [0.15, 0.2) is 35.5 Å². The summed E-state index contributed by atoms with van der Waals surface area (Å²) in [4.78, 5) is 45.8. The number of ketones is 1. The summed E-state index contributed by atoms with van der Waals surface area (Å²) in [5.74, 6) is -2.61. The number of primary amides is 1. The third-order valence-electron chi connectivity index (χ3n) is 4.87. The number of carbonyl (C=O) groups is 4. The molecule has 2 amide bonds. The average molecular weight is 392 g/mol. The lowest BCUT2D eigenvalue weighted by Crippen LogP contribution is -2.48. The number of aliphatic carboxylic acids is 1. The van der Waals surface area contributed by atoms with Crippen LogP contribution in [-0.2, 0) is 19.2 Å². The van der Waals surface area contributed by atoms with Crippen LogP contribution in [-0.4, -0.2) is 45.4 Å². The van der Waals surface area contributed by atoms with E-state index in [1.807, 2.05) is 0 Å². The molecule has 1 aliphatic carbocycles. The van der Waals surface area contributed by atoms with Crippen LogP contribution in [0.4, 0.5) is 0 Å². The van der Waals surface area contributed by atoms with Crippen LogP contribution in [0, 0.1) is 5.41 Å². The highest BCUT2D eigenvalue weighted by Gasteiger charge is 2.46. The molecule has 0 spiro atoms. The number of allylic oxidation sites excluding steroid dienone is 3. The molecule has 0 saturated heterocycles. The van der Waals surface area contributed by atoms with Crippen LogP contribution in [0.5, 0.6) is 0 Å². The Balaban J connectivity index is 2.91. The molecule has 1 aliphatic rings. The van der Waals surface area contributed by atoms with Gasteiger partial charge in [0.2, 0.25) is 11.8 Å². The average Bonchev–Trinajstić information content (AvgIpc) is 2.53. The Kier molecular flexibility index (Phi) is 7.46. The summed E-state index contributed by atoms with van der Waals surface area (Å²) in [6, 6.07) is -1.23. The summed E-state index contributed by atoms with van der Waals surface area (Å²) in [5, 5.41) is 22.5. The van der Waals surface area contributed by atoms with Crippen molar-refractivity contribution in [3.8, 4) is 0 Å². The first-order chi connectivity index (χ1) is 12.8. The fraction of sp³-hybridized carbons (Fsp3) is 0.500. The molecule has 0 radical (unpaired) electrons. The second-order valence-corrected chi connectivity index (χ2v) is 7.75. The highest BCUT2D eigenvalue weighted by molar-refractivity contribution is 5.93. The van der Waals surface area contributed by atoms with E-state index in [-0.39, 0.29) is 25.0 Å². The molecule has 2 atom stereocenters. The summed E-state index contributed by atoms with van der Waals surface area (Å²) in [6.45, 7) is 6.87. The van der Waals surface area contributed by atoms with Gasteiger partial charge in [-0.25, -0.2) is 4.79 Å². The number of rotatable bonds is 8. The first-order valence-corrected chi connectivity index (χ1v) is 8.91. The van der Waals surface area contributed by atoms with Gasteiger partial charge >= 0.3 is 5.97 Å². The summed E-state index contributed by atoms with van der Waals surface area (Å²) in [7, 11) is 0. The van der Waals surface area contributed by atoms with E-state index in [1.165, 1.54) is 18.2 Å². The van der Waals surface area contributed by atoms with Crippen molar-refractivity contribution in [2.45, 2.75) is 58.6 Å². The highest BCUT2D eigenvalue weighted by atomic mass is 16.4. The van der Waals surface area contributed by atoms with Gasteiger partial charge in [0, 0.05) is 24.3 Å². The van der Waals surface area contributed by atoms with Gasteiger partial charge in [-0.1, -0.05) is 19.9 Å². The zero-order chi connectivity index (χ0) is 21.7. The van der Waals surface area contributed by atoms with Gasteiger partial charge in [-0.3, -0.25) is 14.4 Å². The Morgan fingerprint density at radius 1 is 1.36 bits per heavy atom. The minimum Gasteiger partial charge on any atom is -0.480 e. The third kappa shape index (κ3) is 5.88. The van der Waals surface area contributed by atoms with Gasteiger partial charge in [0.05, 0.1) is 0 Å². The van der Waals surface area contributed by atoms with Crippen molar-refractivity contribution >= 4 is 23.6 Å². The Morgan fingerprint density at radius 3 is 2.46 bits per heavy atom. The molecule has 154 valence electrons. The SMILES string of the molecule is CC1=CC(=O)CC(C)(C)[C@@]1(O)/C=C/C(C)=C\C(=O)N[C@@H](CCC(N)=O)C(=O)O. The number of carboxylic acids is 1. The standard InChI is InChI=1S/C20H28N2O6/c1-12(9-17(25)22-15(18(26)27)5-6-16(21)24)7-8-20(28)13(2)10-14(23)11-19(20,3)4/h7-10,15,28H,5-6,11H2,1-4H3,(H2,21,24)(H,22,25)(H,26,27)/b8-7+,12-9-/t15-,20+/m0/s1. The lowest BCUT2D eigenvalue weighted by Gasteiger charge is -2.44. The maximum Gasteiger partial charge on any atom is 0.326 e. The molecule has 0 bridgehead atoms. The molecule has 8 nitrogen and oxygen atoms in total. The second kappa shape index (κ2) is 8.97. The van der Waals surface area contributed by atoms with E-state index in [0.717, 1.165) is 0 Å². The molecule has 28 heavy (non-hydrogen) atoms. The van der Waals surface area contributed by atoms with Gasteiger partial charge in [0.15, 0.2) is 5.78 Å². The molecule has 5 N–H and O–H groups in total. The Morgan fingerprint density at radius 2 is 1.96 bits per heavy atom. The molecule has 0 aromatic carbocycles. The normalized spacial score (nSPS) is 23.2. The lowest BCUT2D eigenvalue weighted by molar-refractivity contribution is -0.141. The minimum absolute atomic E-state index is 0.0529. The molecular weight excluding hydrogens is 364 g/mol. The smallest absolute Gasteiger partial charge is 0.326 e. The van der Waals surface area contributed by atoms with E-state index in [2.05, 4.69) is 5.32 Å². The predicted octanol–water partition coefficient (Wildman–Crippen LogP) is 1.00. The number of amides is 2. The molecule has 0 aromatic rings. The van der Waals surface area contributed by atoms with Crippen LogP contribution < -0.4 is 11.1 Å². The number of nitrogens with one attached hydrogen (secondary N) is 1. The maximum absolute atomic E-state index is 12.1. The largest absolute Gasteiger partial charge is 0.480 e. The summed E-state index contributed by atoms with van der Waals surface area (Å²) in [6.07, 6.45) is 5.61. The van der Waals surface area contributed by atoms with Crippen molar-refractivity contribution in [1.82, 2.24) is 5.32 Å². The zero-order valence-corrected chi connectivity index (χ0v) is 16.6. The monoisotopic (exact) mass is 392 g/mol. The number of hydrogen-bond acceptors (Lipinski definition) is 5. The first kappa shape index (κ1) is 23.3. The zero-order valence-electron chi connectivity index (χ0n) is 16.6. The summed E-state index contributed by atoms with van der Waals surface area (Å²) in [5.41, 5.74) is 3.93. The molecule has 1 rings (SSSR count). The van der Waals surface area contributed by atoms with Gasteiger partial charge in [0.25, 0.3) is 0 Å². The van der Waals surface area contributed by atoms with E-state index in [0.29, 0.717) is 11.1 Å². The van der Waals surface area contributed by atoms with E-state index in [9.17, 15) is 24.3 Å². The van der Waals surface area contributed by atoms with Crippen molar-refractivity contribution in [2.75, 3.05) is 0 Å². The van der Waals surface area contributed by atoms with Crippen molar-refractivity contribution in [1.29, 1.82) is 0 Å². The van der Waals surface area contributed by atoms with Crippen LogP contribution in [0.3, 0.4) is 0 Å². The number of hydrogen-bond donors (Lipinski definition) is 4. The molecule has 0 fully saturated rings. The predicted molar refractivity (Wildman–Crippen MR) is 103 cm³/mol. The number of aliphatic hydroxyl groups is 1. The third-order valence-corrected chi connectivity index (χ3v) is 4.87. The van der Waals surface area contributed by atoms with Gasteiger partial charge < -0.3 is 21.3 Å². The Hall–Kier alpha value is -2.74. The van der Waals surface area contributed by atoms with Gasteiger partial charge in [-0.15, -0.1) is 0 Å². The Bertz CT molecular complexity index is 763. The molecule has 0 aliphatic heterocycles. The Labute approximate surface area is 164 Å². The molecule has 0 saturated carbocycles. The number of nitrogens with two attached hydrogens (primary N) is 1. The van der Waals surface area contributed by atoms with Crippen LogP contribution in [0.1, 0.15) is 47.0 Å². The minimum atomic E-state index is -1.35. The van der Waals surface area contributed by atoms with Gasteiger partial charge in [0.1, 0.15) is 11.6 Å². The fourth-order valence-corrected chi connectivity index (χ4v) is 3.13. The maximum atomic E-state index is 12.1. The first-order valence-electron chi connectivity index (χ1n) is 8.91. The fourth-order valence-electron chi connectivity index (χ4n) is 3.13. The lowest BCUT2D eigenvalue weighted by atomic mass is 9.64. The van der Waals surface area contributed by atoms with Crippen LogP contribution >= 0.6 is 0 Å². The van der Waals surface area contributed by atoms with Crippen LogP contribution in [0.25, 0.3) is 0 Å². The topological polar surface area (TPSA) is 147 Å². The van der Waals surface area contributed by atoms with Crippen LogP contribution in [0.2, 0.25) is 0 Å². The highest BCUT2D eigenvalue weighted by Crippen LogP contribution is 2.44. The molecule has 8 heteroatoms. The molecule has 0 heterocycles.